The second-order valence-corrected chi connectivity index (χ2v) is 14.0. The highest BCUT2D eigenvalue weighted by atomic mass is 16.3. The van der Waals surface area contributed by atoms with Crippen LogP contribution in [0.1, 0.15) is 0 Å². The lowest BCUT2D eigenvalue weighted by atomic mass is 9.97. The molecular weight excluding hydrogens is 663 g/mol. The highest BCUT2D eigenvalue weighted by Gasteiger charge is 2.24. The molecule has 12 aromatic rings. The van der Waals surface area contributed by atoms with Crippen molar-refractivity contribution in [3.05, 3.63) is 176 Å². The number of anilines is 3. The summed E-state index contributed by atoms with van der Waals surface area (Å²) >= 11 is 0. The van der Waals surface area contributed by atoms with Crippen molar-refractivity contribution in [3.63, 3.8) is 0 Å². The number of hydrogen-bond acceptors (Lipinski definition) is 4. The van der Waals surface area contributed by atoms with Gasteiger partial charge in [0.05, 0.1) is 16.8 Å². The van der Waals surface area contributed by atoms with Gasteiger partial charge in [-0.15, -0.1) is 0 Å². The van der Waals surface area contributed by atoms with Crippen LogP contribution in [0.2, 0.25) is 0 Å². The third-order valence-electron chi connectivity index (χ3n) is 11.0. The van der Waals surface area contributed by atoms with Gasteiger partial charge in [-0.1, -0.05) is 121 Å². The molecule has 0 fully saturated rings. The molecule has 54 heavy (non-hydrogen) atoms. The zero-order valence-corrected chi connectivity index (χ0v) is 28.9. The number of benzene rings is 9. The Morgan fingerprint density at radius 2 is 0.889 bits per heavy atom. The molecule has 0 amide bonds. The van der Waals surface area contributed by atoms with E-state index in [0.717, 1.165) is 116 Å². The molecule has 0 radical (unpaired) electrons. The van der Waals surface area contributed by atoms with Crippen molar-refractivity contribution in [2.45, 2.75) is 0 Å². The summed E-state index contributed by atoms with van der Waals surface area (Å²) in [6, 6.07) is 61.8. The van der Waals surface area contributed by atoms with Crippen LogP contribution in [0.3, 0.4) is 0 Å². The Balaban J connectivity index is 1.14. The van der Waals surface area contributed by atoms with Crippen LogP contribution in [0.25, 0.3) is 98.5 Å². The van der Waals surface area contributed by atoms with E-state index in [2.05, 4.69) is 169 Å². The van der Waals surface area contributed by atoms with Crippen molar-refractivity contribution < 1.29 is 13.3 Å². The molecule has 0 saturated carbocycles. The first-order valence-electron chi connectivity index (χ1n) is 18.3. The minimum absolute atomic E-state index is 0.828. The van der Waals surface area contributed by atoms with E-state index in [1.165, 1.54) is 0 Å². The highest BCUT2D eigenvalue weighted by Crippen LogP contribution is 2.48. The summed E-state index contributed by atoms with van der Waals surface area (Å²) in [7, 11) is 0. The van der Waals surface area contributed by atoms with Crippen LogP contribution in [-0.2, 0) is 0 Å². The van der Waals surface area contributed by atoms with E-state index < -0.39 is 0 Å². The number of para-hydroxylation sites is 2. The first kappa shape index (κ1) is 29.3. The van der Waals surface area contributed by atoms with Gasteiger partial charge in [0.2, 0.25) is 0 Å². The molecule has 12 rings (SSSR count). The maximum absolute atomic E-state index is 6.71. The smallest absolute Gasteiger partial charge is 0.159 e. The van der Waals surface area contributed by atoms with E-state index >= 15 is 0 Å². The lowest BCUT2D eigenvalue weighted by Gasteiger charge is -2.27. The second kappa shape index (κ2) is 11.1. The van der Waals surface area contributed by atoms with Gasteiger partial charge < -0.3 is 18.2 Å². The van der Waals surface area contributed by atoms with E-state index in [-0.39, 0.29) is 0 Å². The van der Waals surface area contributed by atoms with Gasteiger partial charge in [-0.2, -0.15) is 0 Å². The average Bonchev–Trinajstić information content (AvgIpc) is 3.93. The van der Waals surface area contributed by atoms with Gasteiger partial charge in [0.15, 0.2) is 5.58 Å². The molecule has 0 atom stereocenters. The molecule has 0 saturated heterocycles. The van der Waals surface area contributed by atoms with Crippen LogP contribution >= 0.6 is 0 Å². The molecule has 0 bridgehead atoms. The molecule has 0 aliphatic rings. The standard InChI is InChI=1S/C50H29NO3/c1-3-15-35-30(11-1)25-27-39-46-34(18-9-23-44(46)53-48(35)39)32-13-7-14-33(29-32)51(42-21-8-19-38-37-17-5-6-22-43(37)52-50(38)42)41-20-10-24-45-47(41)40-28-26-31-12-2-4-16-36(31)49(40)54-45/h1-29H. The molecule has 0 aliphatic heterocycles. The predicted octanol–water partition coefficient (Wildman–Crippen LogP) is 14.8. The molecule has 4 heteroatoms. The van der Waals surface area contributed by atoms with Crippen molar-refractivity contribution in [2.24, 2.45) is 0 Å². The normalized spacial score (nSPS) is 12.1. The predicted molar refractivity (Wildman–Crippen MR) is 223 cm³/mol. The third kappa shape index (κ3) is 4.13. The maximum Gasteiger partial charge on any atom is 0.159 e. The second-order valence-electron chi connectivity index (χ2n) is 14.0. The van der Waals surface area contributed by atoms with Crippen molar-refractivity contribution in [1.82, 2.24) is 0 Å². The molecule has 3 heterocycles. The fourth-order valence-electron chi connectivity index (χ4n) is 8.64. The molecule has 9 aromatic carbocycles. The van der Waals surface area contributed by atoms with Gasteiger partial charge in [0.1, 0.15) is 27.9 Å². The maximum atomic E-state index is 6.71. The van der Waals surface area contributed by atoms with Crippen LogP contribution in [0, 0.1) is 0 Å². The first-order valence-corrected chi connectivity index (χ1v) is 18.3. The topological polar surface area (TPSA) is 42.7 Å². The van der Waals surface area contributed by atoms with E-state index in [9.17, 15) is 0 Å². The Labute approximate surface area is 308 Å². The quantitative estimate of drug-likeness (QED) is 0.184. The lowest BCUT2D eigenvalue weighted by Crippen LogP contribution is -2.10. The summed E-state index contributed by atoms with van der Waals surface area (Å²) in [5, 5.41) is 11.0. The average molecular weight is 692 g/mol. The Morgan fingerprint density at radius 1 is 0.333 bits per heavy atom. The molecule has 0 spiro atoms. The number of nitrogens with zero attached hydrogens (tertiary/aromatic N) is 1. The number of hydrogen-bond donors (Lipinski definition) is 0. The Morgan fingerprint density at radius 3 is 1.67 bits per heavy atom. The van der Waals surface area contributed by atoms with Gasteiger partial charge in [-0.05, 0) is 76.5 Å². The number of rotatable bonds is 4. The monoisotopic (exact) mass is 691 g/mol. The van der Waals surface area contributed by atoms with Crippen molar-refractivity contribution in [2.75, 3.05) is 4.90 Å². The Kier molecular flexibility index (Phi) is 6.02. The van der Waals surface area contributed by atoms with Crippen LogP contribution in [0.15, 0.2) is 189 Å². The molecule has 0 unspecified atom stereocenters. The summed E-state index contributed by atoms with van der Waals surface area (Å²) in [6.45, 7) is 0. The zero-order chi connectivity index (χ0) is 35.3. The SMILES string of the molecule is c1cc(-c2cccc3oc4c5ccccc5ccc4c23)cc(N(c2cccc3c2oc2ccccc23)c2cccc3oc4c5ccccc5ccc4c23)c1. The summed E-state index contributed by atoms with van der Waals surface area (Å²) < 4.78 is 20.0. The van der Waals surface area contributed by atoms with Gasteiger partial charge in [-0.3, -0.25) is 0 Å². The van der Waals surface area contributed by atoms with E-state index in [4.69, 9.17) is 13.3 Å². The highest BCUT2D eigenvalue weighted by molar-refractivity contribution is 6.22. The van der Waals surface area contributed by atoms with E-state index in [1.54, 1.807) is 0 Å². The van der Waals surface area contributed by atoms with E-state index in [1.807, 2.05) is 12.1 Å². The zero-order valence-electron chi connectivity index (χ0n) is 28.9. The first-order chi connectivity index (χ1) is 26.8. The lowest BCUT2D eigenvalue weighted by molar-refractivity contribution is 0.669. The molecule has 0 N–H and O–H groups in total. The van der Waals surface area contributed by atoms with Crippen LogP contribution in [-0.4, -0.2) is 0 Å². The van der Waals surface area contributed by atoms with Gasteiger partial charge >= 0.3 is 0 Å². The fraction of sp³-hybridized carbons (Fsp3) is 0. The number of fused-ring (bicyclic) bond motifs is 13. The minimum atomic E-state index is 0.828. The van der Waals surface area contributed by atoms with Gasteiger partial charge in [-0.25, -0.2) is 0 Å². The molecule has 0 aliphatic carbocycles. The molecule has 3 aromatic heterocycles. The molecule has 252 valence electrons. The molecule has 4 nitrogen and oxygen atoms in total. The fourth-order valence-corrected chi connectivity index (χ4v) is 8.64. The summed E-state index contributed by atoms with van der Waals surface area (Å²) in [6.07, 6.45) is 0. The third-order valence-corrected chi connectivity index (χ3v) is 11.0. The van der Waals surface area contributed by atoms with Crippen molar-refractivity contribution in [1.29, 1.82) is 0 Å². The minimum Gasteiger partial charge on any atom is -0.455 e. The largest absolute Gasteiger partial charge is 0.455 e. The van der Waals surface area contributed by atoms with Crippen molar-refractivity contribution in [3.8, 4) is 11.1 Å². The van der Waals surface area contributed by atoms with Gasteiger partial charge in [0.25, 0.3) is 0 Å². The summed E-state index contributed by atoms with van der Waals surface area (Å²) in [5.74, 6) is 0. The van der Waals surface area contributed by atoms with Crippen LogP contribution < -0.4 is 4.90 Å². The summed E-state index contributed by atoms with van der Waals surface area (Å²) in [5.41, 5.74) is 10.3. The molecular formula is C50H29NO3. The van der Waals surface area contributed by atoms with E-state index in [0.29, 0.717) is 0 Å². The Bertz CT molecular complexity index is 3470. The van der Waals surface area contributed by atoms with Gasteiger partial charge in [0, 0.05) is 43.4 Å². The van der Waals surface area contributed by atoms with Crippen LogP contribution in [0.4, 0.5) is 17.1 Å². The van der Waals surface area contributed by atoms with Crippen LogP contribution in [0.5, 0.6) is 0 Å². The number of furan rings is 3. The Hall–Kier alpha value is -7.30. The van der Waals surface area contributed by atoms with Crippen molar-refractivity contribution >= 4 is 104 Å². The summed E-state index contributed by atoms with van der Waals surface area (Å²) in [4.78, 5) is 2.34.